The smallest absolute Gasteiger partial charge is 0.251 e. The van der Waals surface area contributed by atoms with E-state index in [9.17, 15) is 23.2 Å². The minimum absolute atomic E-state index is 0.171. The molecule has 5 nitrogen and oxygen atoms in total. The van der Waals surface area contributed by atoms with E-state index in [1.54, 1.807) is 6.92 Å². The summed E-state index contributed by atoms with van der Waals surface area (Å²) in [6.45, 7) is 1.59. The highest BCUT2D eigenvalue weighted by Crippen LogP contribution is 2.23. The van der Waals surface area contributed by atoms with Crippen LogP contribution in [-0.2, 0) is 9.59 Å². The van der Waals surface area contributed by atoms with Crippen molar-refractivity contribution in [2.24, 2.45) is 0 Å². The van der Waals surface area contributed by atoms with Crippen molar-refractivity contribution in [1.82, 2.24) is 5.32 Å². The Balaban J connectivity index is 1.72. The van der Waals surface area contributed by atoms with E-state index in [4.69, 9.17) is 0 Å². The van der Waals surface area contributed by atoms with E-state index in [1.807, 2.05) is 0 Å². The van der Waals surface area contributed by atoms with Gasteiger partial charge in [0.2, 0.25) is 11.8 Å². The highest BCUT2D eigenvalue weighted by atomic mass is 19.1. The van der Waals surface area contributed by atoms with Gasteiger partial charge in [-0.1, -0.05) is 6.07 Å². The van der Waals surface area contributed by atoms with E-state index in [-0.39, 0.29) is 30.2 Å². The summed E-state index contributed by atoms with van der Waals surface area (Å²) in [5.41, 5.74) is 0.874. The van der Waals surface area contributed by atoms with Crippen LogP contribution in [0.25, 0.3) is 0 Å². The van der Waals surface area contributed by atoms with E-state index < -0.39 is 23.6 Å². The molecule has 3 rings (SSSR count). The number of anilines is 1. The number of carbonyl (C=O) groups excluding carboxylic acids is 3. The SMILES string of the molecule is CC(NC(=O)c1ccc(N2C(=O)CCC2=O)cc1)c1ccc(F)cc1F. The van der Waals surface area contributed by atoms with Crippen molar-refractivity contribution < 1.29 is 23.2 Å². The van der Waals surface area contributed by atoms with Crippen molar-refractivity contribution >= 4 is 23.4 Å². The normalized spacial score (nSPS) is 15.3. The molecule has 0 aliphatic carbocycles. The predicted molar refractivity (Wildman–Crippen MR) is 90.4 cm³/mol. The van der Waals surface area contributed by atoms with Crippen LogP contribution in [0.2, 0.25) is 0 Å². The van der Waals surface area contributed by atoms with E-state index >= 15 is 0 Å². The molecule has 1 saturated heterocycles. The molecule has 1 aliphatic rings. The molecule has 26 heavy (non-hydrogen) atoms. The van der Waals surface area contributed by atoms with E-state index in [2.05, 4.69) is 5.32 Å². The van der Waals surface area contributed by atoms with E-state index in [1.165, 1.54) is 30.3 Å². The van der Waals surface area contributed by atoms with Crippen LogP contribution >= 0.6 is 0 Å². The molecule has 1 atom stereocenters. The maximum Gasteiger partial charge on any atom is 0.251 e. The molecule has 1 unspecified atom stereocenters. The third-order valence-electron chi connectivity index (χ3n) is 4.22. The fourth-order valence-corrected chi connectivity index (χ4v) is 2.84. The average molecular weight is 358 g/mol. The van der Waals surface area contributed by atoms with Gasteiger partial charge in [0.25, 0.3) is 5.91 Å². The Morgan fingerprint density at radius 2 is 1.65 bits per heavy atom. The Morgan fingerprint density at radius 3 is 2.23 bits per heavy atom. The zero-order chi connectivity index (χ0) is 18.8. The van der Waals surface area contributed by atoms with Crippen LogP contribution in [0.4, 0.5) is 14.5 Å². The van der Waals surface area contributed by atoms with E-state index in [0.29, 0.717) is 11.3 Å². The standard InChI is InChI=1S/C19H16F2N2O3/c1-11(15-7-4-13(20)10-16(15)21)22-19(26)12-2-5-14(6-3-12)23-17(24)8-9-18(23)25/h2-7,10-11H,8-9H2,1H3,(H,22,26). The van der Waals surface area contributed by atoms with Gasteiger partial charge in [0.05, 0.1) is 11.7 Å². The summed E-state index contributed by atoms with van der Waals surface area (Å²) >= 11 is 0. The summed E-state index contributed by atoms with van der Waals surface area (Å²) < 4.78 is 26.8. The quantitative estimate of drug-likeness (QED) is 0.854. The molecule has 1 heterocycles. The van der Waals surface area contributed by atoms with Crippen molar-refractivity contribution in [3.05, 3.63) is 65.2 Å². The summed E-state index contributed by atoms with van der Waals surface area (Å²) in [6.07, 6.45) is 0.365. The number of halogens is 2. The first-order valence-corrected chi connectivity index (χ1v) is 8.08. The molecule has 134 valence electrons. The van der Waals surface area contributed by atoms with Gasteiger partial charge in [-0.25, -0.2) is 8.78 Å². The highest BCUT2D eigenvalue weighted by molar-refractivity contribution is 6.19. The number of carbonyl (C=O) groups is 3. The van der Waals surface area contributed by atoms with Crippen molar-refractivity contribution in [2.75, 3.05) is 4.90 Å². The number of imide groups is 1. The topological polar surface area (TPSA) is 66.5 Å². The van der Waals surface area contributed by atoms with Gasteiger partial charge in [-0.3, -0.25) is 19.3 Å². The molecule has 1 aliphatic heterocycles. The van der Waals surface area contributed by atoms with Gasteiger partial charge in [0.15, 0.2) is 0 Å². The van der Waals surface area contributed by atoms with Crippen LogP contribution in [-0.4, -0.2) is 17.7 Å². The monoisotopic (exact) mass is 358 g/mol. The fourth-order valence-electron chi connectivity index (χ4n) is 2.84. The van der Waals surface area contributed by atoms with Gasteiger partial charge in [0, 0.05) is 30.0 Å². The third-order valence-corrected chi connectivity index (χ3v) is 4.22. The number of amides is 3. The lowest BCUT2D eigenvalue weighted by atomic mass is 10.1. The molecule has 7 heteroatoms. The van der Waals surface area contributed by atoms with Crippen molar-refractivity contribution in [3.63, 3.8) is 0 Å². The summed E-state index contributed by atoms with van der Waals surface area (Å²) in [5, 5.41) is 2.63. The van der Waals surface area contributed by atoms with Gasteiger partial charge in [-0.05, 0) is 37.3 Å². The Morgan fingerprint density at radius 1 is 1.04 bits per heavy atom. The van der Waals surface area contributed by atoms with Gasteiger partial charge in [0.1, 0.15) is 11.6 Å². The Kier molecular flexibility index (Phi) is 4.79. The van der Waals surface area contributed by atoms with Crippen molar-refractivity contribution in [2.45, 2.75) is 25.8 Å². The average Bonchev–Trinajstić information content (AvgIpc) is 2.93. The molecule has 0 spiro atoms. The zero-order valence-electron chi connectivity index (χ0n) is 14.0. The second kappa shape index (κ2) is 7.03. The zero-order valence-corrected chi connectivity index (χ0v) is 14.0. The fraction of sp³-hybridized carbons (Fsp3) is 0.211. The number of nitrogens with one attached hydrogen (secondary N) is 1. The first-order chi connectivity index (χ1) is 12.4. The first kappa shape index (κ1) is 17.7. The number of rotatable bonds is 4. The molecule has 0 radical (unpaired) electrons. The van der Waals surface area contributed by atoms with Gasteiger partial charge in [-0.15, -0.1) is 0 Å². The maximum absolute atomic E-state index is 13.8. The number of benzene rings is 2. The molecule has 1 fully saturated rings. The lowest BCUT2D eigenvalue weighted by Gasteiger charge is -2.16. The third kappa shape index (κ3) is 3.46. The van der Waals surface area contributed by atoms with Gasteiger partial charge >= 0.3 is 0 Å². The molecule has 1 N–H and O–H groups in total. The summed E-state index contributed by atoms with van der Waals surface area (Å²) in [7, 11) is 0. The van der Waals surface area contributed by atoms with E-state index in [0.717, 1.165) is 17.0 Å². The van der Waals surface area contributed by atoms with Crippen LogP contribution in [0.3, 0.4) is 0 Å². The van der Waals surface area contributed by atoms with Crippen LogP contribution in [0.15, 0.2) is 42.5 Å². The van der Waals surface area contributed by atoms with Crippen LogP contribution in [0.5, 0.6) is 0 Å². The number of nitrogens with zero attached hydrogens (tertiary/aromatic N) is 1. The minimum atomic E-state index is -0.737. The largest absolute Gasteiger partial charge is 0.345 e. The van der Waals surface area contributed by atoms with Crippen molar-refractivity contribution in [1.29, 1.82) is 0 Å². The van der Waals surface area contributed by atoms with Crippen molar-refractivity contribution in [3.8, 4) is 0 Å². The Labute approximate surface area is 148 Å². The second-order valence-corrected chi connectivity index (χ2v) is 6.03. The summed E-state index contributed by atoms with van der Waals surface area (Å²) in [5.74, 6) is -2.42. The number of hydrogen-bond acceptors (Lipinski definition) is 3. The molecular weight excluding hydrogens is 342 g/mol. The second-order valence-electron chi connectivity index (χ2n) is 6.03. The lowest BCUT2D eigenvalue weighted by Crippen LogP contribution is -2.29. The Hall–Kier alpha value is -3.09. The van der Waals surface area contributed by atoms with Crippen LogP contribution in [0.1, 0.15) is 41.7 Å². The molecule has 3 amide bonds. The highest BCUT2D eigenvalue weighted by Gasteiger charge is 2.30. The molecule has 0 bridgehead atoms. The van der Waals surface area contributed by atoms with Crippen LogP contribution in [0, 0.1) is 11.6 Å². The maximum atomic E-state index is 13.8. The summed E-state index contributed by atoms with van der Waals surface area (Å²) in [4.78, 5) is 36.9. The first-order valence-electron chi connectivity index (χ1n) is 8.08. The molecular formula is C19H16F2N2O3. The molecule has 2 aromatic rings. The molecule has 2 aromatic carbocycles. The van der Waals surface area contributed by atoms with Gasteiger partial charge in [-0.2, -0.15) is 0 Å². The summed E-state index contributed by atoms with van der Waals surface area (Å²) in [6, 6.07) is 8.50. The lowest BCUT2D eigenvalue weighted by molar-refractivity contribution is -0.121. The molecule has 0 aromatic heterocycles. The van der Waals surface area contributed by atoms with Crippen LogP contribution < -0.4 is 10.2 Å². The molecule has 0 saturated carbocycles. The number of hydrogen-bond donors (Lipinski definition) is 1. The minimum Gasteiger partial charge on any atom is -0.345 e. The van der Waals surface area contributed by atoms with Gasteiger partial charge < -0.3 is 5.32 Å². The predicted octanol–water partition coefficient (Wildman–Crippen LogP) is 3.11. The Bertz CT molecular complexity index is 865.